The number of fused-ring (bicyclic) bond motifs is 8. The number of nitrogens with one attached hydrogen (secondary N) is 1. The number of pyridine rings is 1. The molecule has 2 aromatic rings. The third-order valence-electron chi connectivity index (χ3n) is 5.61. The molecule has 0 amide bonds. The van der Waals surface area contributed by atoms with E-state index in [-0.39, 0.29) is 5.54 Å². The molecule has 1 N–H and O–H groups in total. The average molecular weight is 292 g/mol. The molecule has 110 valence electrons. The van der Waals surface area contributed by atoms with Gasteiger partial charge < -0.3 is 14.5 Å². The summed E-state index contributed by atoms with van der Waals surface area (Å²) >= 11 is 0. The molecule has 6 rings (SSSR count). The molecule has 3 unspecified atom stereocenters. The van der Waals surface area contributed by atoms with Crippen LogP contribution in [-0.2, 0) is 5.54 Å². The monoisotopic (exact) mass is 292 g/mol. The van der Waals surface area contributed by atoms with Crippen LogP contribution in [0, 0.1) is 0 Å². The fourth-order valence-corrected chi connectivity index (χ4v) is 4.52. The second-order valence-electron chi connectivity index (χ2n) is 6.67. The van der Waals surface area contributed by atoms with E-state index in [1.165, 1.54) is 22.6 Å². The number of rotatable bonds is 0. The molecular weight excluding hydrogens is 276 g/mol. The Morgan fingerprint density at radius 2 is 2.27 bits per heavy atom. The predicted octanol–water partition coefficient (Wildman–Crippen LogP) is 1.96. The summed E-state index contributed by atoms with van der Waals surface area (Å²) in [5, 5.41) is 3.71. The summed E-state index contributed by atoms with van der Waals surface area (Å²) in [7, 11) is 0. The Kier molecular flexibility index (Phi) is 1.74. The summed E-state index contributed by atoms with van der Waals surface area (Å²) in [6.45, 7) is 3.99. The van der Waals surface area contributed by atoms with Crippen LogP contribution >= 0.6 is 0 Å². The number of benzene rings is 1. The van der Waals surface area contributed by atoms with E-state index >= 15 is 0 Å². The number of hydrogen-bond donors (Lipinski definition) is 1. The molecule has 0 radical (unpaired) electrons. The minimum absolute atomic E-state index is 0.0469. The van der Waals surface area contributed by atoms with Gasteiger partial charge in [0.1, 0.15) is 24.2 Å². The second kappa shape index (κ2) is 3.38. The maximum Gasteiger partial charge on any atom is 0.144 e. The van der Waals surface area contributed by atoms with Gasteiger partial charge in [-0.2, -0.15) is 0 Å². The highest BCUT2D eigenvalue weighted by atomic mass is 16.5. The topological polar surface area (TPSA) is 50.5 Å². The van der Waals surface area contributed by atoms with Crippen LogP contribution in [0.1, 0.15) is 12.5 Å². The second-order valence-corrected chi connectivity index (χ2v) is 6.67. The quantitative estimate of drug-likeness (QED) is 0.752. The van der Waals surface area contributed by atoms with Crippen LogP contribution in [0.2, 0.25) is 0 Å². The predicted molar refractivity (Wildman–Crippen MR) is 83.7 cm³/mol. The van der Waals surface area contributed by atoms with E-state index < -0.39 is 0 Å². The molecule has 0 bridgehead atoms. The number of ether oxygens (including phenoxy) is 1. The molecule has 5 nitrogen and oxygen atoms in total. The highest BCUT2D eigenvalue weighted by molar-refractivity contribution is 5.91. The molecule has 5 heterocycles. The summed E-state index contributed by atoms with van der Waals surface area (Å²) in [6, 6.07) is 8.95. The molecule has 0 aliphatic carbocycles. The summed E-state index contributed by atoms with van der Waals surface area (Å²) < 4.78 is 5.88. The van der Waals surface area contributed by atoms with Gasteiger partial charge in [-0.05, 0) is 25.1 Å². The smallest absolute Gasteiger partial charge is 0.144 e. The first-order valence-electron chi connectivity index (χ1n) is 7.83. The fourth-order valence-electron chi connectivity index (χ4n) is 4.52. The lowest BCUT2D eigenvalue weighted by Crippen LogP contribution is -2.51. The van der Waals surface area contributed by atoms with Crippen molar-refractivity contribution < 1.29 is 4.74 Å². The van der Waals surface area contributed by atoms with Crippen molar-refractivity contribution in [2.45, 2.75) is 24.7 Å². The van der Waals surface area contributed by atoms with E-state index in [9.17, 15) is 0 Å². The Balaban J connectivity index is 1.67. The van der Waals surface area contributed by atoms with Crippen molar-refractivity contribution in [2.75, 3.05) is 23.0 Å². The Morgan fingerprint density at radius 1 is 1.32 bits per heavy atom. The van der Waals surface area contributed by atoms with Crippen LogP contribution in [0.4, 0.5) is 17.1 Å². The van der Waals surface area contributed by atoms with Crippen LogP contribution in [0.25, 0.3) is 0 Å². The van der Waals surface area contributed by atoms with E-state index in [0.717, 1.165) is 18.9 Å². The maximum atomic E-state index is 5.88. The Labute approximate surface area is 128 Å². The normalized spacial score (nSPS) is 32.6. The SMILES string of the molecule is CC12NC1C1N3CCOc4cccc(c43)N1c1ccncc12. The lowest BCUT2D eigenvalue weighted by atomic mass is 9.90. The van der Waals surface area contributed by atoms with Crippen LogP contribution < -0.4 is 19.9 Å². The Bertz CT molecular complexity index is 822. The zero-order chi connectivity index (χ0) is 14.5. The lowest BCUT2D eigenvalue weighted by molar-refractivity contribution is 0.302. The summed E-state index contributed by atoms with van der Waals surface area (Å²) in [4.78, 5) is 9.34. The van der Waals surface area contributed by atoms with Crippen molar-refractivity contribution in [3.63, 3.8) is 0 Å². The average Bonchev–Trinajstić information content (AvgIpc) is 3.15. The molecule has 0 saturated carbocycles. The molecule has 22 heavy (non-hydrogen) atoms. The molecule has 1 aromatic carbocycles. The van der Waals surface area contributed by atoms with Gasteiger partial charge in [-0.15, -0.1) is 0 Å². The summed E-state index contributed by atoms with van der Waals surface area (Å²) in [5.41, 5.74) is 5.12. The standard InChI is InChI=1S/C17H16N4O/c1-17-10-9-18-6-5-11(10)21-12-3-2-4-13-14(12)20(7-8-22-13)16(21)15(17)19-17/h2-6,9,15-16,19H,7-8H2,1H3. The molecule has 4 aliphatic heterocycles. The van der Waals surface area contributed by atoms with E-state index in [1.807, 2.05) is 12.4 Å². The summed E-state index contributed by atoms with van der Waals surface area (Å²) in [5.74, 6) is 1.01. The lowest BCUT2D eigenvalue weighted by Gasteiger charge is -2.39. The third-order valence-corrected chi connectivity index (χ3v) is 5.61. The third kappa shape index (κ3) is 1.08. The molecule has 1 fully saturated rings. The molecule has 5 heteroatoms. The fraction of sp³-hybridized carbons (Fsp3) is 0.353. The molecule has 0 spiro atoms. The largest absolute Gasteiger partial charge is 0.489 e. The molecule has 3 atom stereocenters. The van der Waals surface area contributed by atoms with Crippen molar-refractivity contribution in [3.05, 3.63) is 42.2 Å². The Hall–Kier alpha value is -2.27. The molecular formula is C17H16N4O. The minimum atomic E-state index is 0.0469. The van der Waals surface area contributed by atoms with Gasteiger partial charge in [0, 0.05) is 18.0 Å². The van der Waals surface area contributed by atoms with Crippen molar-refractivity contribution in [2.24, 2.45) is 0 Å². The first-order valence-corrected chi connectivity index (χ1v) is 7.83. The zero-order valence-electron chi connectivity index (χ0n) is 12.3. The van der Waals surface area contributed by atoms with E-state index in [2.05, 4.69) is 51.3 Å². The van der Waals surface area contributed by atoms with E-state index in [0.29, 0.717) is 12.2 Å². The minimum Gasteiger partial charge on any atom is -0.489 e. The number of para-hydroxylation sites is 1. The number of hydrogen-bond acceptors (Lipinski definition) is 5. The van der Waals surface area contributed by atoms with Gasteiger partial charge in [0.25, 0.3) is 0 Å². The van der Waals surface area contributed by atoms with Crippen molar-refractivity contribution in [1.82, 2.24) is 10.3 Å². The van der Waals surface area contributed by atoms with Gasteiger partial charge in [0.05, 0.1) is 29.5 Å². The van der Waals surface area contributed by atoms with Crippen LogP contribution in [0.15, 0.2) is 36.7 Å². The van der Waals surface area contributed by atoms with Crippen molar-refractivity contribution in [3.8, 4) is 5.75 Å². The van der Waals surface area contributed by atoms with Gasteiger partial charge >= 0.3 is 0 Å². The van der Waals surface area contributed by atoms with E-state index in [4.69, 9.17) is 4.74 Å². The van der Waals surface area contributed by atoms with Gasteiger partial charge in [-0.1, -0.05) is 6.07 Å². The van der Waals surface area contributed by atoms with Gasteiger partial charge in [-0.25, -0.2) is 0 Å². The van der Waals surface area contributed by atoms with Gasteiger partial charge in [0.2, 0.25) is 0 Å². The van der Waals surface area contributed by atoms with E-state index in [1.54, 1.807) is 0 Å². The Morgan fingerprint density at radius 3 is 3.23 bits per heavy atom. The highest BCUT2D eigenvalue weighted by Crippen LogP contribution is 2.59. The van der Waals surface area contributed by atoms with Crippen LogP contribution in [0.3, 0.4) is 0 Å². The van der Waals surface area contributed by atoms with Crippen LogP contribution in [-0.4, -0.2) is 30.3 Å². The summed E-state index contributed by atoms with van der Waals surface area (Å²) in [6.07, 6.45) is 4.24. The molecule has 1 aromatic heterocycles. The van der Waals surface area contributed by atoms with Crippen LogP contribution in [0.5, 0.6) is 5.75 Å². The van der Waals surface area contributed by atoms with Gasteiger partial charge in [-0.3, -0.25) is 10.3 Å². The number of anilines is 3. The highest BCUT2D eigenvalue weighted by Gasteiger charge is 2.65. The van der Waals surface area contributed by atoms with Crippen molar-refractivity contribution in [1.29, 1.82) is 0 Å². The number of nitrogens with zero attached hydrogens (tertiary/aromatic N) is 3. The maximum absolute atomic E-state index is 5.88. The first kappa shape index (κ1) is 11.3. The molecule has 1 saturated heterocycles. The van der Waals surface area contributed by atoms with Crippen molar-refractivity contribution >= 4 is 17.1 Å². The van der Waals surface area contributed by atoms with Gasteiger partial charge in [0.15, 0.2) is 0 Å². The first-order chi connectivity index (χ1) is 10.8. The molecule has 4 aliphatic rings. The zero-order valence-corrected chi connectivity index (χ0v) is 12.3. The number of aromatic nitrogens is 1.